The Morgan fingerprint density at radius 1 is 1.14 bits per heavy atom. The third-order valence-corrected chi connectivity index (χ3v) is 7.76. The number of nitrogens with one attached hydrogen (secondary N) is 3. The van der Waals surface area contributed by atoms with E-state index in [4.69, 9.17) is 11.5 Å². The van der Waals surface area contributed by atoms with Crippen LogP contribution in [0.15, 0.2) is 12.4 Å². The molecule has 0 saturated carbocycles. The second-order valence-corrected chi connectivity index (χ2v) is 10.4. The van der Waals surface area contributed by atoms with E-state index in [1.54, 1.807) is 0 Å². The molecule has 0 radical (unpaired) electrons. The molecule has 3 fully saturated rings. The number of carbonyl (C=O) groups excluding carboxylic acids is 2. The number of pyridine rings is 1. The minimum absolute atomic E-state index is 0.0711. The van der Waals surface area contributed by atoms with Crippen LogP contribution in [-0.4, -0.2) is 104 Å². The van der Waals surface area contributed by atoms with Crippen LogP contribution in [0, 0.1) is 17.7 Å². The molecular weight excluding hydrogens is 484 g/mol. The average molecular weight is 524 g/mol. The number of alkyl halides is 1. The normalized spacial score (nSPS) is 26.8. The zero-order valence-corrected chi connectivity index (χ0v) is 21.5. The molecule has 1 aromatic heterocycles. The van der Waals surface area contributed by atoms with Crippen molar-refractivity contribution in [3.05, 3.63) is 18.2 Å². The average Bonchev–Trinajstić information content (AvgIpc) is 2.87. The highest BCUT2D eigenvalue weighted by atomic mass is 19.1. The van der Waals surface area contributed by atoms with Gasteiger partial charge in [0.15, 0.2) is 5.82 Å². The number of rotatable bonds is 6. The molecule has 0 aromatic carbocycles. The Hall–Kier alpha value is -2.45. The van der Waals surface area contributed by atoms with E-state index in [0.717, 1.165) is 19.3 Å². The topological polar surface area (TPSA) is 145 Å². The highest BCUT2D eigenvalue weighted by Gasteiger charge is 2.36. The molecule has 3 aliphatic heterocycles. The van der Waals surface area contributed by atoms with Crippen molar-refractivity contribution in [1.82, 2.24) is 25.4 Å². The smallest absolute Gasteiger partial charge is 0.233 e. The number of aromatic nitrogens is 1. The maximum atomic E-state index is 15.0. The molecule has 0 bridgehead atoms. The molecule has 4 rings (SSSR count). The third-order valence-electron chi connectivity index (χ3n) is 7.76. The Bertz CT molecular complexity index is 952. The van der Waals surface area contributed by atoms with Crippen molar-refractivity contribution in [3.8, 4) is 0 Å². The quantitative estimate of drug-likeness (QED) is 0.304. The number of amides is 2. The fourth-order valence-electron chi connectivity index (χ4n) is 5.37. The van der Waals surface area contributed by atoms with Crippen molar-refractivity contribution >= 4 is 23.2 Å². The van der Waals surface area contributed by atoms with Gasteiger partial charge in [-0.1, -0.05) is 0 Å². The Labute approximate surface area is 216 Å². The summed E-state index contributed by atoms with van der Waals surface area (Å²) in [6, 6.07) is 0.317. The number of hydrogen-bond donors (Lipinski definition) is 5. The van der Waals surface area contributed by atoms with Crippen molar-refractivity contribution in [2.24, 2.45) is 23.3 Å². The highest BCUT2D eigenvalue weighted by Crippen LogP contribution is 2.33. The molecule has 7 N–H and O–H groups in total. The molecule has 2 amide bonds. The van der Waals surface area contributed by atoms with Gasteiger partial charge in [0.05, 0.1) is 36.3 Å². The first kappa shape index (κ1) is 27.6. The summed E-state index contributed by atoms with van der Waals surface area (Å²) in [4.78, 5) is 36.2. The van der Waals surface area contributed by atoms with Gasteiger partial charge >= 0.3 is 0 Å². The van der Waals surface area contributed by atoms with Gasteiger partial charge in [0.1, 0.15) is 11.9 Å². The first-order valence-corrected chi connectivity index (χ1v) is 13.0. The summed E-state index contributed by atoms with van der Waals surface area (Å²) in [5.41, 5.74) is 12.2. The van der Waals surface area contributed by atoms with E-state index in [-0.39, 0.29) is 36.3 Å². The van der Waals surface area contributed by atoms with Crippen molar-refractivity contribution in [2.75, 3.05) is 63.1 Å². The van der Waals surface area contributed by atoms with Gasteiger partial charge in [0, 0.05) is 57.8 Å². The van der Waals surface area contributed by atoms with Crippen molar-refractivity contribution in [3.63, 3.8) is 0 Å². The van der Waals surface area contributed by atoms with Crippen LogP contribution in [0.2, 0.25) is 0 Å². The molecule has 0 spiro atoms. The molecule has 37 heavy (non-hydrogen) atoms. The van der Waals surface area contributed by atoms with Gasteiger partial charge in [0.2, 0.25) is 11.8 Å². The van der Waals surface area contributed by atoms with Gasteiger partial charge in [-0.05, 0) is 26.8 Å². The van der Waals surface area contributed by atoms with Gasteiger partial charge in [-0.15, -0.1) is 0 Å². The summed E-state index contributed by atoms with van der Waals surface area (Å²) < 4.78 is 28.5. The van der Waals surface area contributed by atoms with E-state index in [9.17, 15) is 14.0 Å². The summed E-state index contributed by atoms with van der Waals surface area (Å²) >= 11 is 0. The van der Waals surface area contributed by atoms with E-state index in [1.165, 1.54) is 6.20 Å². The second-order valence-electron chi connectivity index (χ2n) is 10.4. The number of piperazine rings is 1. The lowest BCUT2D eigenvalue weighted by atomic mass is 9.94. The van der Waals surface area contributed by atoms with Crippen LogP contribution in [-0.2, 0) is 9.59 Å². The lowest BCUT2D eigenvalue weighted by Crippen LogP contribution is -2.64. The number of hydrogen-bond acceptors (Lipinski definition) is 9. The fraction of sp³-hybridized carbons (Fsp3) is 0.708. The van der Waals surface area contributed by atoms with E-state index in [0.29, 0.717) is 38.5 Å². The summed E-state index contributed by atoms with van der Waals surface area (Å²) in [5, 5.41) is 8.55. The fourth-order valence-corrected chi connectivity index (χ4v) is 5.37. The van der Waals surface area contributed by atoms with Gasteiger partial charge in [0.25, 0.3) is 0 Å². The summed E-state index contributed by atoms with van der Waals surface area (Å²) in [6.45, 7) is 5.47. The minimum atomic E-state index is -1.08. The number of anilines is 2. The van der Waals surface area contributed by atoms with Gasteiger partial charge < -0.3 is 31.5 Å². The van der Waals surface area contributed by atoms with Crippen LogP contribution >= 0.6 is 0 Å². The van der Waals surface area contributed by atoms with Crippen LogP contribution in [0.3, 0.4) is 0 Å². The molecule has 11 nitrogen and oxygen atoms in total. The summed E-state index contributed by atoms with van der Waals surface area (Å²) in [5.74, 6) is -1.99. The standard InChI is InChI=1S/C24H39F2N9O2/c1-14-13-35(8-7-33(14)2)24(37)15-3-5-34(6-4-15)20-17(26)11-29-12-18(20)32-23(36)19(21(27)28)22-30-9-16(25)10-31-22/h11-12,14-16,19,21-22,30-31H,3-10,13,27-28H2,1-2H3,(H,32,36)/t14-,16?,19?,22?/m1/s1. The first-order chi connectivity index (χ1) is 17.7. The van der Waals surface area contributed by atoms with E-state index >= 15 is 4.39 Å². The number of piperidine rings is 1. The Morgan fingerprint density at radius 3 is 2.43 bits per heavy atom. The zero-order valence-electron chi connectivity index (χ0n) is 21.5. The maximum absolute atomic E-state index is 15.0. The Morgan fingerprint density at radius 2 is 1.81 bits per heavy atom. The van der Waals surface area contributed by atoms with Gasteiger partial charge in [-0.3, -0.25) is 25.2 Å². The molecular formula is C24H39F2N9O2. The van der Waals surface area contributed by atoms with Gasteiger partial charge in [-0.25, -0.2) is 8.78 Å². The van der Waals surface area contributed by atoms with Crippen molar-refractivity contribution < 1.29 is 18.4 Å². The minimum Gasteiger partial charge on any atom is -0.367 e. The molecule has 1 aromatic rings. The van der Waals surface area contributed by atoms with Crippen molar-refractivity contribution in [2.45, 2.75) is 44.3 Å². The maximum Gasteiger partial charge on any atom is 0.233 e. The second kappa shape index (κ2) is 11.9. The molecule has 3 saturated heterocycles. The van der Waals surface area contributed by atoms with Crippen LogP contribution in [0.25, 0.3) is 0 Å². The first-order valence-electron chi connectivity index (χ1n) is 13.0. The molecule has 2 atom stereocenters. The molecule has 3 aliphatic rings. The summed E-state index contributed by atoms with van der Waals surface area (Å²) in [7, 11) is 2.07. The largest absolute Gasteiger partial charge is 0.367 e. The van der Waals surface area contributed by atoms with Crippen LogP contribution in [0.4, 0.5) is 20.2 Å². The lowest BCUT2D eigenvalue weighted by molar-refractivity contribution is -0.138. The number of likely N-dealkylation sites (N-methyl/N-ethyl adjacent to an activating group) is 1. The van der Waals surface area contributed by atoms with Crippen LogP contribution in [0.5, 0.6) is 0 Å². The Kier molecular flexibility index (Phi) is 8.90. The van der Waals surface area contributed by atoms with E-state index in [2.05, 4.69) is 39.8 Å². The molecule has 206 valence electrons. The predicted molar refractivity (Wildman–Crippen MR) is 137 cm³/mol. The molecule has 13 heteroatoms. The number of carbonyl (C=O) groups is 2. The third kappa shape index (κ3) is 6.34. The van der Waals surface area contributed by atoms with Gasteiger partial charge in [-0.2, -0.15) is 0 Å². The predicted octanol–water partition coefficient (Wildman–Crippen LogP) is -0.745. The van der Waals surface area contributed by atoms with Crippen LogP contribution < -0.4 is 32.3 Å². The number of halogens is 2. The van der Waals surface area contributed by atoms with E-state index in [1.807, 2.05) is 9.80 Å². The highest BCUT2D eigenvalue weighted by molar-refractivity contribution is 5.96. The Balaban J connectivity index is 1.42. The lowest BCUT2D eigenvalue weighted by Gasteiger charge is -2.41. The number of nitrogens with two attached hydrogens (primary N) is 2. The van der Waals surface area contributed by atoms with E-state index < -0.39 is 36.1 Å². The SMILES string of the molecule is C[C@@H]1CN(C(=O)C2CCN(c3c(F)cncc3NC(=O)C(C(N)N)C3NCC(F)CN3)CC2)CCN1C. The monoisotopic (exact) mass is 523 g/mol. The van der Waals surface area contributed by atoms with Crippen molar-refractivity contribution in [1.29, 1.82) is 0 Å². The van der Waals surface area contributed by atoms with Crippen LogP contribution in [0.1, 0.15) is 19.8 Å². The molecule has 1 unspecified atom stereocenters. The summed E-state index contributed by atoms with van der Waals surface area (Å²) in [6.07, 6.45) is 0.920. The molecule has 0 aliphatic carbocycles. The number of nitrogens with zero attached hydrogens (tertiary/aromatic N) is 4. The zero-order chi connectivity index (χ0) is 26.7. The molecule has 4 heterocycles.